The highest BCUT2D eigenvalue weighted by Crippen LogP contribution is 2.44. The minimum atomic E-state index is 0.639. The van der Waals surface area contributed by atoms with E-state index in [0.717, 1.165) is 27.5 Å². The largest absolute Gasteiger partial charge is 0.208 e. The first-order chi connectivity index (χ1) is 29.2. The third-order valence-corrected chi connectivity index (χ3v) is 12.9. The molecule has 10 aromatic carbocycles. The summed E-state index contributed by atoms with van der Waals surface area (Å²) in [5.74, 6) is 1.93. The highest BCUT2D eigenvalue weighted by atomic mass is 32.1. The smallest absolute Gasteiger partial charge is 0.164 e. The van der Waals surface area contributed by atoms with Crippen molar-refractivity contribution in [2.75, 3.05) is 0 Å². The molecule has 0 saturated heterocycles. The van der Waals surface area contributed by atoms with Gasteiger partial charge in [0.1, 0.15) is 0 Å². The Morgan fingerprint density at radius 2 is 0.864 bits per heavy atom. The molecule has 0 spiro atoms. The van der Waals surface area contributed by atoms with Gasteiger partial charge in [0.25, 0.3) is 0 Å². The van der Waals surface area contributed by atoms with Crippen LogP contribution >= 0.6 is 11.3 Å². The summed E-state index contributed by atoms with van der Waals surface area (Å²) < 4.78 is 2.60. The number of benzene rings is 10. The molecule has 12 rings (SSSR count). The first-order valence-electron chi connectivity index (χ1n) is 19.9. The molecule has 0 aliphatic carbocycles. The van der Waals surface area contributed by atoms with Gasteiger partial charge in [0.2, 0.25) is 0 Å². The third kappa shape index (κ3) is 5.53. The van der Waals surface area contributed by atoms with Crippen molar-refractivity contribution in [3.05, 3.63) is 200 Å². The highest BCUT2D eigenvalue weighted by Gasteiger charge is 2.19. The van der Waals surface area contributed by atoms with E-state index in [9.17, 15) is 0 Å². The Balaban J connectivity index is 1.03. The Bertz CT molecular complexity index is 3610. The van der Waals surface area contributed by atoms with Gasteiger partial charge in [-0.1, -0.05) is 182 Å². The van der Waals surface area contributed by atoms with Gasteiger partial charge in [0, 0.05) is 36.9 Å². The van der Waals surface area contributed by atoms with Crippen molar-refractivity contribution in [3.8, 4) is 56.4 Å². The third-order valence-electron chi connectivity index (χ3n) is 11.7. The van der Waals surface area contributed by atoms with E-state index in [1.165, 1.54) is 74.7 Å². The Hall–Kier alpha value is -7.53. The summed E-state index contributed by atoms with van der Waals surface area (Å²) in [6, 6.07) is 71.6. The lowest BCUT2D eigenvalue weighted by Crippen LogP contribution is -2.01. The first kappa shape index (κ1) is 33.6. The first-order valence-corrected chi connectivity index (χ1v) is 20.8. The number of aromatic nitrogens is 3. The molecule has 0 saturated carbocycles. The summed E-state index contributed by atoms with van der Waals surface area (Å²) in [7, 11) is 0. The van der Waals surface area contributed by atoms with Crippen molar-refractivity contribution in [3.63, 3.8) is 0 Å². The van der Waals surface area contributed by atoms with Crippen LogP contribution in [0.1, 0.15) is 0 Å². The second-order valence-electron chi connectivity index (χ2n) is 15.1. The fraction of sp³-hybridized carbons (Fsp3) is 0. The van der Waals surface area contributed by atoms with E-state index >= 15 is 0 Å². The molecule has 2 aromatic heterocycles. The fourth-order valence-corrected chi connectivity index (χ4v) is 10.2. The number of fused-ring (bicyclic) bond motifs is 8. The van der Waals surface area contributed by atoms with E-state index in [1.807, 2.05) is 29.5 Å². The molecule has 0 aliphatic heterocycles. The van der Waals surface area contributed by atoms with Gasteiger partial charge in [-0.2, -0.15) is 0 Å². The van der Waals surface area contributed by atoms with Gasteiger partial charge in [0.15, 0.2) is 17.5 Å². The van der Waals surface area contributed by atoms with Gasteiger partial charge in [-0.05, 0) is 83.5 Å². The maximum atomic E-state index is 5.25. The summed E-state index contributed by atoms with van der Waals surface area (Å²) in [5, 5.41) is 12.3. The monoisotopic (exact) mass is 767 g/mol. The highest BCUT2D eigenvalue weighted by molar-refractivity contribution is 7.26. The van der Waals surface area contributed by atoms with Crippen LogP contribution in [0.3, 0.4) is 0 Å². The predicted molar refractivity (Wildman–Crippen MR) is 250 cm³/mol. The fourth-order valence-electron chi connectivity index (χ4n) is 8.94. The van der Waals surface area contributed by atoms with Gasteiger partial charge in [-0.15, -0.1) is 11.3 Å². The molecule has 0 bridgehead atoms. The van der Waals surface area contributed by atoms with Crippen LogP contribution in [0.4, 0.5) is 0 Å². The van der Waals surface area contributed by atoms with Crippen molar-refractivity contribution < 1.29 is 0 Å². The molecule has 0 unspecified atom stereocenters. The number of hydrogen-bond acceptors (Lipinski definition) is 4. The molecule has 59 heavy (non-hydrogen) atoms. The molecule has 2 heterocycles. The molecule has 0 fully saturated rings. The standard InChI is InChI=1S/C55H33N3S/c1-2-14-36(15-3-1)53-56-54(37-27-25-35(26-28-37)41-22-12-23-47-44-21-10-11-24-50(44)59-52(41)47)58-55(57-53)48-32-31-45(42-19-8-9-20-43(42)48)51-40-18-7-5-16-38(40)33-49-39-17-6-4-13-34(39)29-30-46(49)51/h1-33H. The van der Waals surface area contributed by atoms with Gasteiger partial charge in [0.05, 0.1) is 0 Å². The van der Waals surface area contributed by atoms with Crippen molar-refractivity contribution in [2.45, 2.75) is 0 Å². The molecule has 274 valence electrons. The van der Waals surface area contributed by atoms with Crippen LogP contribution < -0.4 is 0 Å². The Morgan fingerprint density at radius 3 is 1.66 bits per heavy atom. The average Bonchev–Trinajstić information content (AvgIpc) is 3.70. The maximum Gasteiger partial charge on any atom is 0.164 e. The number of thiophene rings is 1. The van der Waals surface area contributed by atoms with Crippen LogP contribution in [-0.4, -0.2) is 15.0 Å². The van der Waals surface area contributed by atoms with E-state index in [1.54, 1.807) is 0 Å². The number of nitrogens with zero attached hydrogens (tertiary/aromatic N) is 3. The number of hydrogen-bond donors (Lipinski definition) is 0. The average molecular weight is 768 g/mol. The molecule has 0 radical (unpaired) electrons. The lowest BCUT2D eigenvalue weighted by atomic mass is 9.87. The second-order valence-corrected chi connectivity index (χ2v) is 16.1. The normalized spacial score (nSPS) is 11.7. The Morgan fingerprint density at radius 1 is 0.288 bits per heavy atom. The lowest BCUT2D eigenvalue weighted by Gasteiger charge is -2.17. The molecule has 0 amide bonds. The molecule has 12 aromatic rings. The SMILES string of the molecule is c1ccc(-c2nc(-c3ccc(-c4cccc5c4sc4ccccc45)cc3)nc(-c3ccc(-c4c5ccccc5cc5c4ccc4ccccc45)c4ccccc34)n2)cc1. The molecule has 0 atom stereocenters. The van der Waals surface area contributed by atoms with Crippen LogP contribution in [0.2, 0.25) is 0 Å². The molecule has 0 N–H and O–H groups in total. The van der Waals surface area contributed by atoms with E-state index in [4.69, 9.17) is 15.0 Å². The van der Waals surface area contributed by atoms with E-state index in [2.05, 4.69) is 182 Å². The summed E-state index contributed by atoms with van der Waals surface area (Å²) in [4.78, 5) is 15.5. The van der Waals surface area contributed by atoms with Crippen LogP contribution in [0.15, 0.2) is 200 Å². The van der Waals surface area contributed by atoms with E-state index in [-0.39, 0.29) is 0 Å². The van der Waals surface area contributed by atoms with E-state index < -0.39 is 0 Å². The van der Waals surface area contributed by atoms with Gasteiger partial charge in [-0.3, -0.25) is 0 Å². The van der Waals surface area contributed by atoms with Crippen LogP contribution in [-0.2, 0) is 0 Å². The lowest BCUT2D eigenvalue weighted by molar-refractivity contribution is 1.08. The zero-order valence-electron chi connectivity index (χ0n) is 31.8. The van der Waals surface area contributed by atoms with Crippen LogP contribution in [0.5, 0.6) is 0 Å². The Kier molecular flexibility index (Phi) is 7.72. The summed E-state index contributed by atoms with van der Waals surface area (Å²) in [6.07, 6.45) is 0. The summed E-state index contributed by atoms with van der Waals surface area (Å²) in [6.45, 7) is 0. The van der Waals surface area contributed by atoms with Gasteiger partial charge >= 0.3 is 0 Å². The predicted octanol–water partition coefficient (Wildman–Crippen LogP) is 15.2. The van der Waals surface area contributed by atoms with Crippen molar-refractivity contribution >= 4 is 74.6 Å². The molecule has 4 heteroatoms. The molecular formula is C55H33N3S. The van der Waals surface area contributed by atoms with Crippen LogP contribution in [0.25, 0.3) is 120 Å². The maximum absolute atomic E-state index is 5.25. The van der Waals surface area contributed by atoms with Crippen molar-refractivity contribution in [2.24, 2.45) is 0 Å². The minimum Gasteiger partial charge on any atom is -0.208 e. The minimum absolute atomic E-state index is 0.639. The van der Waals surface area contributed by atoms with Gasteiger partial charge < -0.3 is 0 Å². The van der Waals surface area contributed by atoms with E-state index in [0.29, 0.717) is 17.5 Å². The quantitative estimate of drug-likeness (QED) is 0.129. The molecular weight excluding hydrogens is 735 g/mol. The van der Waals surface area contributed by atoms with Gasteiger partial charge in [-0.25, -0.2) is 15.0 Å². The topological polar surface area (TPSA) is 38.7 Å². The zero-order chi connectivity index (χ0) is 38.9. The molecule has 3 nitrogen and oxygen atoms in total. The van der Waals surface area contributed by atoms with Crippen molar-refractivity contribution in [1.82, 2.24) is 15.0 Å². The summed E-state index contributed by atoms with van der Waals surface area (Å²) in [5.41, 5.74) is 7.67. The number of rotatable bonds is 5. The zero-order valence-corrected chi connectivity index (χ0v) is 32.6. The summed E-state index contributed by atoms with van der Waals surface area (Å²) >= 11 is 1.85. The van der Waals surface area contributed by atoms with Crippen LogP contribution in [0, 0.1) is 0 Å². The second kappa shape index (κ2) is 13.6. The molecule has 0 aliphatic rings. The van der Waals surface area contributed by atoms with Crippen molar-refractivity contribution in [1.29, 1.82) is 0 Å². The Labute approximate surface area is 344 Å².